The van der Waals surface area contributed by atoms with Crippen LogP contribution in [0.5, 0.6) is 0 Å². The molecule has 0 aliphatic rings. The summed E-state index contributed by atoms with van der Waals surface area (Å²) in [4.78, 5) is 0.258. The van der Waals surface area contributed by atoms with E-state index < -0.39 is 10.0 Å². The second-order valence-corrected chi connectivity index (χ2v) is 8.91. The van der Waals surface area contributed by atoms with Gasteiger partial charge in [-0.2, -0.15) is 11.3 Å². The molecule has 0 aliphatic heterocycles. The summed E-state index contributed by atoms with van der Waals surface area (Å²) in [6.45, 7) is 6.73. The number of rotatable bonds is 6. The van der Waals surface area contributed by atoms with E-state index in [1.807, 2.05) is 23.6 Å². The summed E-state index contributed by atoms with van der Waals surface area (Å²) in [6, 6.07) is 7.21. The predicted molar refractivity (Wildman–Crippen MR) is 101 cm³/mol. The van der Waals surface area contributed by atoms with Gasteiger partial charge < -0.3 is 4.74 Å². The maximum atomic E-state index is 12.7. The summed E-state index contributed by atoms with van der Waals surface area (Å²) < 4.78 is 33.1. The van der Waals surface area contributed by atoms with E-state index in [1.54, 1.807) is 30.7 Å². The van der Waals surface area contributed by atoms with Crippen molar-refractivity contribution < 1.29 is 13.2 Å². The highest BCUT2D eigenvalue weighted by Crippen LogP contribution is 2.28. The fourth-order valence-electron chi connectivity index (χ4n) is 2.19. The molecule has 0 aliphatic carbocycles. The molecular weight excluding hydrogens is 342 g/mol. The minimum atomic E-state index is -3.65. The molecule has 2 aromatic rings. The Bertz CT molecular complexity index is 801. The van der Waals surface area contributed by atoms with E-state index in [2.05, 4.69) is 25.5 Å². The zero-order valence-corrected chi connectivity index (χ0v) is 16.0. The maximum Gasteiger partial charge on any atom is 0.262 e. The van der Waals surface area contributed by atoms with Gasteiger partial charge in [0.15, 0.2) is 0 Å². The van der Waals surface area contributed by atoms with Crippen LogP contribution in [0.15, 0.2) is 46.0 Å². The van der Waals surface area contributed by atoms with Gasteiger partial charge in [-0.15, -0.1) is 0 Å². The van der Waals surface area contributed by atoms with Gasteiger partial charge in [-0.3, -0.25) is 4.72 Å². The summed E-state index contributed by atoms with van der Waals surface area (Å²) in [5.41, 5.74) is 2.25. The van der Waals surface area contributed by atoms with Gasteiger partial charge in [0, 0.05) is 12.5 Å². The first kappa shape index (κ1) is 18.7. The molecule has 1 aromatic heterocycles. The average Bonchev–Trinajstić information content (AvgIpc) is 2.98. The molecule has 2 rings (SSSR count). The van der Waals surface area contributed by atoms with Crippen molar-refractivity contribution in [2.24, 2.45) is 0 Å². The molecule has 1 aromatic carbocycles. The topological polar surface area (TPSA) is 55.4 Å². The van der Waals surface area contributed by atoms with E-state index in [0.717, 1.165) is 5.56 Å². The van der Waals surface area contributed by atoms with Gasteiger partial charge in [-0.25, -0.2) is 8.42 Å². The first-order chi connectivity index (χ1) is 11.2. The molecule has 24 heavy (non-hydrogen) atoms. The van der Waals surface area contributed by atoms with Crippen molar-refractivity contribution in [1.82, 2.24) is 0 Å². The number of benzene rings is 1. The van der Waals surface area contributed by atoms with Gasteiger partial charge in [-0.1, -0.05) is 39.0 Å². The highest BCUT2D eigenvalue weighted by Gasteiger charge is 2.21. The Morgan fingerprint density at radius 1 is 1.25 bits per heavy atom. The number of anilines is 1. The second-order valence-electron chi connectivity index (χ2n) is 6.48. The highest BCUT2D eigenvalue weighted by atomic mass is 32.2. The quantitative estimate of drug-likeness (QED) is 0.820. The zero-order valence-electron chi connectivity index (χ0n) is 14.4. The molecule has 6 heteroatoms. The number of hydrogen-bond acceptors (Lipinski definition) is 4. The molecule has 4 nitrogen and oxygen atoms in total. The molecule has 1 N–H and O–H groups in total. The van der Waals surface area contributed by atoms with Crippen molar-refractivity contribution in [2.45, 2.75) is 31.1 Å². The van der Waals surface area contributed by atoms with Crippen LogP contribution in [0.1, 0.15) is 31.9 Å². The van der Waals surface area contributed by atoms with Gasteiger partial charge in [0.1, 0.15) is 0 Å². The van der Waals surface area contributed by atoms with Crippen molar-refractivity contribution in [3.05, 3.63) is 52.2 Å². The van der Waals surface area contributed by atoms with Crippen LogP contribution in [0.3, 0.4) is 0 Å². The summed E-state index contributed by atoms with van der Waals surface area (Å²) >= 11 is 1.44. The lowest BCUT2D eigenvalue weighted by atomic mass is 9.86. The van der Waals surface area contributed by atoms with Crippen LogP contribution in [-0.2, 0) is 20.2 Å². The van der Waals surface area contributed by atoms with Crippen LogP contribution in [-0.4, -0.2) is 22.1 Å². The Morgan fingerprint density at radius 2 is 2.00 bits per heavy atom. The smallest absolute Gasteiger partial charge is 0.262 e. The lowest BCUT2D eigenvalue weighted by molar-refractivity contribution is 0.234. The fourth-order valence-corrected chi connectivity index (χ4v) is 4.09. The van der Waals surface area contributed by atoms with Crippen molar-refractivity contribution in [1.29, 1.82) is 0 Å². The molecule has 0 amide bonds. The Hall–Kier alpha value is -1.63. The largest absolute Gasteiger partial charge is 0.381 e. The van der Waals surface area contributed by atoms with Crippen molar-refractivity contribution >= 4 is 33.1 Å². The van der Waals surface area contributed by atoms with E-state index >= 15 is 0 Å². The van der Waals surface area contributed by atoms with Gasteiger partial charge in [0.25, 0.3) is 10.0 Å². The van der Waals surface area contributed by atoms with Crippen molar-refractivity contribution in [3.8, 4) is 0 Å². The number of hydrogen-bond donors (Lipinski definition) is 1. The summed E-state index contributed by atoms with van der Waals surface area (Å²) in [7, 11) is -2.05. The van der Waals surface area contributed by atoms with E-state index in [9.17, 15) is 8.42 Å². The van der Waals surface area contributed by atoms with Crippen LogP contribution < -0.4 is 4.72 Å². The second kappa shape index (κ2) is 7.51. The Kier molecular flexibility index (Phi) is 5.85. The van der Waals surface area contributed by atoms with Crippen LogP contribution in [0.25, 0.3) is 6.08 Å². The maximum absolute atomic E-state index is 12.7. The fraction of sp³-hybridized carbons (Fsp3) is 0.333. The first-order valence-corrected chi connectivity index (χ1v) is 10.0. The SMILES string of the molecule is COC/C=C/c1cc(C(C)(C)C)ccc1S(=O)(=O)Nc1ccsc1. The first-order valence-electron chi connectivity index (χ1n) is 7.59. The van der Waals surface area contributed by atoms with Gasteiger partial charge in [-0.05, 0) is 40.1 Å². The van der Waals surface area contributed by atoms with Crippen LogP contribution in [0, 0.1) is 0 Å². The lowest BCUT2D eigenvalue weighted by Crippen LogP contribution is -2.16. The Morgan fingerprint density at radius 3 is 2.58 bits per heavy atom. The van der Waals surface area contributed by atoms with E-state index in [4.69, 9.17) is 4.74 Å². The van der Waals surface area contributed by atoms with Crippen molar-refractivity contribution in [2.75, 3.05) is 18.4 Å². The van der Waals surface area contributed by atoms with Crippen molar-refractivity contribution in [3.63, 3.8) is 0 Å². The number of thiophene rings is 1. The lowest BCUT2D eigenvalue weighted by Gasteiger charge is -2.21. The summed E-state index contributed by atoms with van der Waals surface area (Å²) in [6.07, 6.45) is 3.60. The standard InChI is InChI=1S/C18H23NO3S2/c1-18(2,3)15-7-8-17(14(12-15)6-5-10-22-4)24(20,21)19-16-9-11-23-13-16/h5-9,11-13,19H,10H2,1-4H3/b6-5+. The molecule has 130 valence electrons. The molecule has 0 saturated carbocycles. The average molecular weight is 366 g/mol. The number of nitrogens with one attached hydrogen (secondary N) is 1. The van der Waals surface area contributed by atoms with Crippen LogP contribution in [0.2, 0.25) is 0 Å². The third-order valence-electron chi connectivity index (χ3n) is 3.50. The van der Waals surface area contributed by atoms with Gasteiger partial charge in [0.2, 0.25) is 0 Å². The van der Waals surface area contributed by atoms with Gasteiger partial charge >= 0.3 is 0 Å². The third-order valence-corrected chi connectivity index (χ3v) is 5.64. The molecule has 1 heterocycles. The summed E-state index contributed by atoms with van der Waals surface area (Å²) in [5.74, 6) is 0. The highest BCUT2D eigenvalue weighted by molar-refractivity contribution is 7.92. The Labute approximate surface area is 148 Å². The molecule has 0 unspecified atom stereocenters. The zero-order chi connectivity index (χ0) is 17.8. The molecular formula is C18H23NO3S2. The molecule has 0 fully saturated rings. The monoisotopic (exact) mass is 365 g/mol. The number of ether oxygens (including phenoxy) is 1. The van der Waals surface area contributed by atoms with E-state index in [1.165, 1.54) is 11.3 Å². The minimum Gasteiger partial charge on any atom is -0.381 e. The van der Waals surface area contributed by atoms with E-state index in [-0.39, 0.29) is 10.3 Å². The summed E-state index contributed by atoms with van der Waals surface area (Å²) in [5, 5.41) is 3.60. The molecule has 0 atom stereocenters. The molecule has 0 radical (unpaired) electrons. The number of sulfonamides is 1. The molecule has 0 spiro atoms. The number of methoxy groups -OCH3 is 1. The van der Waals surface area contributed by atoms with E-state index in [0.29, 0.717) is 17.9 Å². The molecule has 0 saturated heterocycles. The Balaban J connectivity index is 2.47. The molecule has 0 bridgehead atoms. The van der Waals surface area contributed by atoms with Crippen LogP contribution >= 0.6 is 11.3 Å². The third kappa shape index (κ3) is 4.69. The van der Waals surface area contributed by atoms with Gasteiger partial charge in [0.05, 0.1) is 17.2 Å². The minimum absolute atomic E-state index is 0.0626. The normalized spacial score (nSPS) is 12.7. The predicted octanol–water partition coefficient (Wildman–Crippen LogP) is 4.51. The van der Waals surface area contributed by atoms with Crippen LogP contribution in [0.4, 0.5) is 5.69 Å².